The van der Waals surface area contributed by atoms with Gasteiger partial charge in [-0.05, 0) is 53.8 Å². The molecule has 3 aromatic carbocycles. The highest BCUT2D eigenvalue weighted by Gasteiger charge is 2.48. The Labute approximate surface area is 218 Å². The third-order valence-electron chi connectivity index (χ3n) is 7.33. The highest BCUT2D eigenvalue weighted by molar-refractivity contribution is 5.89. The number of nitrogens with zero attached hydrogens (tertiary/aromatic N) is 1. The maximum absolute atomic E-state index is 12.8. The Kier molecular flexibility index (Phi) is 5.88. The molecule has 0 aliphatic carbocycles. The predicted octanol–water partition coefficient (Wildman–Crippen LogP) is 4.78. The number of carbonyl (C=O) groups is 1. The maximum Gasteiger partial charge on any atom is 0.407 e. The first-order valence-electron chi connectivity index (χ1n) is 12.5. The number of pyridine rings is 1. The van der Waals surface area contributed by atoms with Crippen molar-refractivity contribution in [1.29, 1.82) is 0 Å². The summed E-state index contributed by atoms with van der Waals surface area (Å²) < 4.78 is 6.20. The lowest BCUT2D eigenvalue weighted by Crippen LogP contribution is -2.52. The van der Waals surface area contributed by atoms with E-state index in [1.165, 1.54) is 4.90 Å². The minimum atomic E-state index is -1.08. The Morgan fingerprint density at radius 3 is 2.53 bits per heavy atom. The molecule has 1 saturated heterocycles. The van der Waals surface area contributed by atoms with Crippen LogP contribution in [0, 0.1) is 0 Å². The number of hydrogen-bond donors (Lipinski definition) is 4. The number of aliphatic hydroxyl groups excluding tert-OH is 1. The van der Waals surface area contributed by atoms with Gasteiger partial charge in [0.2, 0.25) is 0 Å². The van der Waals surface area contributed by atoms with Crippen molar-refractivity contribution in [3.05, 3.63) is 101 Å². The fraction of sp³-hybridized carbons (Fsp3) is 0.200. The van der Waals surface area contributed by atoms with Crippen LogP contribution in [0.5, 0.6) is 5.75 Å². The summed E-state index contributed by atoms with van der Waals surface area (Å²) in [5.74, 6) is 0.578. The Bertz CT molecular complexity index is 1690. The molecular formula is C30H27N3O5. The largest absolute Gasteiger partial charge is 0.491 e. The number of hydrogen-bond acceptors (Lipinski definition) is 4. The number of fused-ring (bicyclic) bond motifs is 2. The average molecular weight is 510 g/mol. The van der Waals surface area contributed by atoms with Gasteiger partial charge in [0.15, 0.2) is 0 Å². The van der Waals surface area contributed by atoms with E-state index in [1.54, 1.807) is 0 Å². The summed E-state index contributed by atoms with van der Waals surface area (Å²) in [4.78, 5) is 32.4. The second-order valence-corrected chi connectivity index (χ2v) is 9.96. The number of aliphatic hydroxyl groups is 1. The third kappa shape index (κ3) is 4.39. The van der Waals surface area contributed by atoms with Crippen LogP contribution in [-0.4, -0.2) is 56.0 Å². The number of carboxylic acid groups (broad SMARTS) is 1. The van der Waals surface area contributed by atoms with Crippen LogP contribution in [0.1, 0.15) is 12.0 Å². The molecule has 2 atom stereocenters. The minimum Gasteiger partial charge on any atom is -0.491 e. The number of aromatic amines is 2. The van der Waals surface area contributed by atoms with Crippen molar-refractivity contribution < 1.29 is 19.7 Å². The van der Waals surface area contributed by atoms with Gasteiger partial charge < -0.3 is 24.9 Å². The second kappa shape index (κ2) is 9.39. The number of ether oxygens (including phenoxy) is 1. The molecule has 2 aromatic heterocycles. The van der Waals surface area contributed by atoms with Gasteiger partial charge in [0.25, 0.3) is 5.56 Å². The first kappa shape index (κ1) is 23.8. The highest BCUT2D eigenvalue weighted by atomic mass is 16.5. The van der Waals surface area contributed by atoms with Crippen molar-refractivity contribution >= 4 is 27.9 Å². The van der Waals surface area contributed by atoms with Crippen molar-refractivity contribution in [3.8, 4) is 17.0 Å². The first-order valence-corrected chi connectivity index (χ1v) is 12.5. The lowest BCUT2D eigenvalue weighted by atomic mass is 9.88. The van der Waals surface area contributed by atoms with E-state index in [1.807, 2.05) is 84.9 Å². The molecule has 0 saturated carbocycles. The first-order chi connectivity index (χ1) is 18.4. The SMILES string of the molecule is O=C(O)N1C[C@H](O)C[C@@]1(COc1ccc2[nH]c(-c3cc4ccccc4[nH]c3=O)cc2c1)Cc1ccccc1. The molecule has 1 fully saturated rings. The Morgan fingerprint density at radius 1 is 0.947 bits per heavy atom. The molecule has 8 nitrogen and oxygen atoms in total. The molecule has 8 heteroatoms. The summed E-state index contributed by atoms with van der Waals surface area (Å²) in [7, 11) is 0. The number of benzene rings is 3. The van der Waals surface area contributed by atoms with Gasteiger partial charge in [-0.2, -0.15) is 0 Å². The van der Waals surface area contributed by atoms with Crippen LogP contribution in [0.25, 0.3) is 33.1 Å². The van der Waals surface area contributed by atoms with E-state index in [9.17, 15) is 19.8 Å². The van der Waals surface area contributed by atoms with E-state index in [0.29, 0.717) is 23.4 Å². The lowest BCUT2D eigenvalue weighted by molar-refractivity contribution is 0.0681. The molecule has 38 heavy (non-hydrogen) atoms. The molecule has 0 bridgehead atoms. The molecule has 0 spiro atoms. The number of rotatable bonds is 6. The predicted molar refractivity (Wildman–Crippen MR) is 146 cm³/mol. The van der Waals surface area contributed by atoms with Gasteiger partial charge in [0.05, 0.1) is 29.4 Å². The van der Waals surface area contributed by atoms with Crippen LogP contribution in [-0.2, 0) is 6.42 Å². The molecule has 1 amide bonds. The molecule has 5 aromatic rings. The number of likely N-dealkylation sites (tertiary alicyclic amines) is 1. The number of nitrogens with one attached hydrogen (secondary N) is 2. The fourth-order valence-electron chi connectivity index (χ4n) is 5.54. The van der Waals surface area contributed by atoms with E-state index in [-0.39, 0.29) is 25.1 Å². The van der Waals surface area contributed by atoms with Crippen molar-refractivity contribution in [1.82, 2.24) is 14.9 Å². The zero-order valence-electron chi connectivity index (χ0n) is 20.6. The number of aromatic nitrogens is 2. The summed E-state index contributed by atoms with van der Waals surface area (Å²) in [5, 5.41) is 22.1. The number of β-amino-alcohol motifs (C(OH)–C–C–N with tert-alkyl or cyclic N) is 1. The number of para-hydroxylation sites is 1. The van der Waals surface area contributed by atoms with Gasteiger partial charge in [-0.15, -0.1) is 0 Å². The Morgan fingerprint density at radius 2 is 1.71 bits per heavy atom. The monoisotopic (exact) mass is 509 g/mol. The fourth-order valence-corrected chi connectivity index (χ4v) is 5.54. The summed E-state index contributed by atoms with van der Waals surface area (Å²) in [6.45, 7) is 0.143. The lowest BCUT2D eigenvalue weighted by Gasteiger charge is -2.36. The van der Waals surface area contributed by atoms with Crippen molar-refractivity contribution in [2.75, 3.05) is 13.2 Å². The van der Waals surface area contributed by atoms with Gasteiger partial charge in [-0.1, -0.05) is 48.5 Å². The topological polar surface area (TPSA) is 119 Å². The van der Waals surface area contributed by atoms with Crippen molar-refractivity contribution in [2.45, 2.75) is 24.5 Å². The van der Waals surface area contributed by atoms with Crippen LogP contribution in [0.3, 0.4) is 0 Å². The van der Waals surface area contributed by atoms with Gasteiger partial charge in [-0.25, -0.2) is 4.79 Å². The summed E-state index contributed by atoms with van der Waals surface area (Å²) in [6, 6.07) is 26.6. The summed E-state index contributed by atoms with van der Waals surface area (Å²) in [5.41, 5.74) is 2.77. The number of H-pyrrole nitrogens is 2. The molecule has 1 aliphatic rings. The highest BCUT2D eigenvalue weighted by Crippen LogP contribution is 2.35. The zero-order chi connectivity index (χ0) is 26.3. The van der Waals surface area contributed by atoms with E-state index in [4.69, 9.17) is 4.74 Å². The summed E-state index contributed by atoms with van der Waals surface area (Å²) >= 11 is 0. The average Bonchev–Trinajstić information content (AvgIpc) is 3.48. The van der Waals surface area contributed by atoms with Crippen molar-refractivity contribution in [3.63, 3.8) is 0 Å². The second-order valence-electron chi connectivity index (χ2n) is 9.96. The zero-order valence-corrected chi connectivity index (χ0v) is 20.6. The molecule has 3 heterocycles. The minimum absolute atomic E-state index is 0.0477. The van der Waals surface area contributed by atoms with E-state index in [2.05, 4.69) is 9.97 Å². The normalized spacial score (nSPS) is 19.3. The molecular weight excluding hydrogens is 482 g/mol. The molecule has 0 radical (unpaired) electrons. The standard InChI is InChI=1S/C30H27N3O5/c34-22-16-30(33(17-22)29(36)37,15-19-6-2-1-3-7-19)18-38-23-10-11-26-21(12-23)14-27(31-26)24-13-20-8-4-5-9-25(20)32-28(24)35/h1-14,22,31,34H,15-18H2,(H,32,35)(H,36,37)/t22-,30-/m1/s1. The molecule has 0 unspecified atom stereocenters. The van der Waals surface area contributed by atoms with Crippen LogP contribution in [0.15, 0.2) is 89.7 Å². The van der Waals surface area contributed by atoms with E-state index < -0.39 is 17.7 Å². The quantitative estimate of drug-likeness (QED) is 0.263. The molecule has 192 valence electrons. The Balaban J connectivity index is 1.29. The number of amides is 1. The van der Waals surface area contributed by atoms with Crippen LogP contribution < -0.4 is 10.3 Å². The van der Waals surface area contributed by atoms with Gasteiger partial charge in [0.1, 0.15) is 12.4 Å². The van der Waals surface area contributed by atoms with Crippen LogP contribution in [0.2, 0.25) is 0 Å². The van der Waals surface area contributed by atoms with E-state index in [0.717, 1.165) is 27.4 Å². The van der Waals surface area contributed by atoms with Crippen LogP contribution in [0.4, 0.5) is 4.79 Å². The van der Waals surface area contributed by atoms with Crippen LogP contribution >= 0.6 is 0 Å². The maximum atomic E-state index is 12.8. The van der Waals surface area contributed by atoms with Gasteiger partial charge in [-0.3, -0.25) is 9.69 Å². The molecule has 6 rings (SSSR count). The molecule has 1 aliphatic heterocycles. The third-order valence-corrected chi connectivity index (χ3v) is 7.33. The van der Waals surface area contributed by atoms with Gasteiger partial charge in [0, 0.05) is 22.8 Å². The van der Waals surface area contributed by atoms with Crippen molar-refractivity contribution in [2.24, 2.45) is 0 Å². The molecule has 4 N–H and O–H groups in total. The Hall–Kier alpha value is -4.56. The van der Waals surface area contributed by atoms with E-state index >= 15 is 0 Å². The smallest absolute Gasteiger partial charge is 0.407 e. The van der Waals surface area contributed by atoms with Gasteiger partial charge >= 0.3 is 6.09 Å². The summed E-state index contributed by atoms with van der Waals surface area (Å²) in [6.07, 6.45) is -1.12.